The van der Waals surface area contributed by atoms with Crippen molar-refractivity contribution >= 4 is 49.8 Å². The third kappa shape index (κ3) is 7.40. The van der Waals surface area contributed by atoms with Crippen molar-refractivity contribution in [3.8, 4) is 0 Å². The van der Waals surface area contributed by atoms with Gasteiger partial charge in [0.25, 0.3) is 0 Å². The van der Waals surface area contributed by atoms with Crippen molar-refractivity contribution < 1.29 is 13.2 Å². The molecule has 28 heavy (non-hydrogen) atoms. The largest absolute Gasteiger partial charge is 0.301 e. The van der Waals surface area contributed by atoms with Gasteiger partial charge in [-0.25, -0.2) is 8.42 Å². The maximum Gasteiger partial charge on any atom is 0.232 e. The van der Waals surface area contributed by atoms with Crippen molar-refractivity contribution in [3.63, 3.8) is 0 Å². The molecule has 1 aromatic heterocycles. The molecule has 2 aromatic rings. The number of nitrogens with zero attached hydrogens (tertiary/aromatic N) is 3. The molecule has 7 nitrogen and oxygen atoms in total. The van der Waals surface area contributed by atoms with Crippen LogP contribution >= 0.6 is 23.1 Å². The third-order valence-corrected chi connectivity index (χ3v) is 7.27. The Balaban J connectivity index is 1.86. The molecule has 0 aliphatic rings. The van der Waals surface area contributed by atoms with Gasteiger partial charge in [0, 0.05) is 18.7 Å². The lowest BCUT2D eigenvalue weighted by Crippen LogP contribution is -2.31. The number of hydrogen-bond donors (Lipinski definition) is 1. The van der Waals surface area contributed by atoms with Crippen LogP contribution in [0.15, 0.2) is 28.6 Å². The Morgan fingerprint density at radius 1 is 1.25 bits per heavy atom. The summed E-state index contributed by atoms with van der Waals surface area (Å²) in [6.07, 6.45) is 1.77. The fourth-order valence-electron chi connectivity index (χ4n) is 2.32. The number of amides is 1. The number of carbonyl (C=O) groups is 1. The highest BCUT2D eigenvalue weighted by Gasteiger charge is 2.18. The van der Waals surface area contributed by atoms with Gasteiger partial charge in [-0.2, -0.15) is 0 Å². The Morgan fingerprint density at radius 3 is 2.54 bits per heavy atom. The number of sulfonamides is 1. The molecule has 0 saturated carbocycles. The minimum atomic E-state index is -3.42. The molecule has 0 aliphatic carbocycles. The second-order valence-electron chi connectivity index (χ2n) is 6.90. The van der Waals surface area contributed by atoms with Crippen molar-refractivity contribution in [1.82, 2.24) is 10.2 Å². The zero-order chi connectivity index (χ0) is 20.7. The second-order valence-corrected chi connectivity index (χ2v) is 11.1. The lowest BCUT2D eigenvalue weighted by molar-refractivity contribution is -0.116. The first-order chi connectivity index (χ1) is 13.1. The van der Waals surface area contributed by atoms with Crippen molar-refractivity contribution in [1.29, 1.82) is 0 Å². The van der Waals surface area contributed by atoms with Gasteiger partial charge in [-0.15, -0.1) is 10.2 Å². The van der Waals surface area contributed by atoms with Crippen molar-refractivity contribution in [2.24, 2.45) is 5.92 Å². The summed E-state index contributed by atoms with van der Waals surface area (Å²) < 4.78 is 26.4. The Labute approximate surface area is 175 Å². The highest BCUT2D eigenvalue weighted by atomic mass is 32.2. The van der Waals surface area contributed by atoms with E-state index in [9.17, 15) is 13.2 Å². The number of aromatic nitrogens is 2. The van der Waals surface area contributed by atoms with E-state index in [1.807, 2.05) is 19.1 Å². The van der Waals surface area contributed by atoms with Crippen molar-refractivity contribution in [2.45, 2.75) is 38.0 Å². The molecule has 0 aliphatic heterocycles. The highest BCUT2D eigenvalue weighted by Crippen LogP contribution is 2.27. The molecular formula is C18H26N4O3S3. The van der Waals surface area contributed by atoms with E-state index >= 15 is 0 Å². The Kier molecular flexibility index (Phi) is 8.26. The van der Waals surface area contributed by atoms with Crippen LogP contribution in [-0.4, -0.2) is 43.1 Å². The van der Waals surface area contributed by atoms with E-state index in [1.165, 1.54) is 21.9 Å². The molecule has 0 radical (unpaired) electrons. The van der Waals surface area contributed by atoms with Gasteiger partial charge in [-0.3, -0.25) is 9.10 Å². The maximum atomic E-state index is 12.2. The topological polar surface area (TPSA) is 92.3 Å². The lowest BCUT2D eigenvalue weighted by Gasteiger charge is -2.22. The summed E-state index contributed by atoms with van der Waals surface area (Å²) in [4.78, 5) is 12.2. The Bertz CT molecular complexity index is 880. The van der Waals surface area contributed by atoms with E-state index in [1.54, 1.807) is 23.9 Å². The van der Waals surface area contributed by atoms with E-state index in [0.717, 1.165) is 15.7 Å². The minimum absolute atomic E-state index is 0.200. The van der Waals surface area contributed by atoms with Gasteiger partial charge in [0.2, 0.25) is 21.1 Å². The van der Waals surface area contributed by atoms with Crippen molar-refractivity contribution in [3.05, 3.63) is 29.8 Å². The van der Waals surface area contributed by atoms with Crippen LogP contribution < -0.4 is 9.62 Å². The van der Waals surface area contributed by atoms with Crippen molar-refractivity contribution in [2.75, 3.05) is 28.2 Å². The summed E-state index contributed by atoms with van der Waals surface area (Å²) in [6, 6.07) is 7.28. The molecule has 0 spiro atoms. The summed E-state index contributed by atoms with van der Waals surface area (Å²) in [5.41, 5.74) is 1.66. The fourth-order valence-corrected chi connectivity index (χ4v) is 5.03. The zero-order valence-electron chi connectivity index (χ0n) is 16.5. The summed E-state index contributed by atoms with van der Waals surface area (Å²) in [7, 11) is -3.42. The first kappa shape index (κ1) is 22.6. The third-order valence-electron chi connectivity index (χ3n) is 3.68. The number of nitrogens with one attached hydrogen (secondary N) is 1. The molecule has 1 N–H and O–H groups in total. The van der Waals surface area contributed by atoms with Crippen LogP contribution in [0.25, 0.3) is 0 Å². The van der Waals surface area contributed by atoms with E-state index in [-0.39, 0.29) is 18.9 Å². The highest BCUT2D eigenvalue weighted by molar-refractivity contribution is 8.01. The molecule has 0 bridgehead atoms. The molecule has 0 unspecified atom stereocenters. The molecule has 0 fully saturated rings. The van der Waals surface area contributed by atoms with Gasteiger partial charge in [0.15, 0.2) is 4.34 Å². The van der Waals surface area contributed by atoms with Crippen LogP contribution in [0, 0.1) is 12.8 Å². The summed E-state index contributed by atoms with van der Waals surface area (Å²) in [6.45, 7) is 6.44. The average Bonchev–Trinajstić information content (AvgIpc) is 3.04. The quantitative estimate of drug-likeness (QED) is 0.445. The number of hydrogen-bond acceptors (Lipinski definition) is 7. The number of carbonyl (C=O) groups excluding carboxylic acids is 1. The molecule has 1 aromatic carbocycles. The molecule has 0 atom stereocenters. The SMILES string of the molecule is Cc1ccc(N(CCCC(=O)Nc2nnc(SCC(C)C)s2)S(C)(=O)=O)cc1. The maximum absolute atomic E-state index is 12.2. The second kappa shape index (κ2) is 10.2. The van der Waals surface area contributed by atoms with Crippen LogP contribution in [-0.2, 0) is 14.8 Å². The molecule has 10 heteroatoms. The first-order valence-electron chi connectivity index (χ1n) is 8.95. The normalized spacial score (nSPS) is 11.6. The van der Waals surface area contributed by atoms with Crippen LogP contribution in [0.1, 0.15) is 32.3 Å². The fraction of sp³-hybridized carbons (Fsp3) is 0.500. The van der Waals surface area contributed by atoms with Crippen LogP contribution in [0.5, 0.6) is 0 Å². The van der Waals surface area contributed by atoms with E-state index in [2.05, 4.69) is 29.4 Å². The van der Waals surface area contributed by atoms with E-state index < -0.39 is 10.0 Å². The summed E-state index contributed by atoms with van der Waals surface area (Å²) in [5, 5.41) is 11.2. The summed E-state index contributed by atoms with van der Waals surface area (Å²) in [5.74, 6) is 1.30. The zero-order valence-corrected chi connectivity index (χ0v) is 19.0. The monoisotopic (exact) mass is 442 g/mol. The van der Waals surface area contributed by atoms with Gasteiger partial charge in [-0.1, -0.05) is 54.6 Å². The Hall–Kier alpha value is -1.65. The number of thioether (sulfide) groups is 1. The first-order valence-corrected chi connectivity index (χ1v) is 12.6. The molecular weight excluding hydrogens is 416 g/mol. The predicted molar refractivity (Wildman–Crippen MR) is 117 cm³/mol. The lowest BCUT2D eigenvalue weighted by atomic mass is 10.2. The van der Waals surface area contributed by atoms with Crippen LogP contribution in [0.3, 0.4) is 0 Å². The molecule has 1 amide bonds. The van der Waals surface area contributed by atoms with E-state index in [0.29, 0.717) is 23.2 Å². The predicted octanol–water partition coefficient (Wildman–Crippen LogP) is 3.78. The van der Waals surface area contributed by atoms with Crippen LogP contribution in [0.2, 0.25) is 0 Å². The smallest absolute Gasteiger partial charge is 0.232 e. The molecule has 1 heterocycles. The van der Waals surface area contributed by atoms with Gasteiger partial charge in [0.05, 0.1) is 11.9 Å². The summed E-state index contributed by atoms with van der Waals surface area (Å²) >= 11 is 2.97. The standard InChI is InChI=1S/C18H26N4O3S3/c1-13(2)12-26-18-21-20-17(27-18)19-16(23)6-5-11-22(28(4,24)25)15-9-7-14(3)8-10-15/h7-10,13H,5-6,11-12H2,1-4H3,(H,19,20,23). The Morgan fingerprint density at radius 2 is 1.93 bits per heavy atom. The van der Waals surface area contributed by atoms with Gasteiger partial charge < -0.3 is 5.32 Å². The number of anilines is 2. The molecule has 154 valence electrons. The van der Waals surface area contributed by atoms with Gasteiger partial charge in [0.1, 0.15) is 0 Å². The number of aryl methyl sites for hydroxylation is 1. The van der Waals surface area contributed by atoms with Crippen LogP contribution in [0.4, 0.5) is 10.8 Å². The molecule has 0 saturated heterocycles. The average molecular weight is 443 g/mol. The number of rotatable bonds is 10. The minimum Gasteiger partial charge on any atom is -0.301 e. The van der Waals surface area contributed by atoms with Gasteiger partial charge >= 0.3 is 0 Å². The molecule has 2 rings (SSSR count). The van der Waals surface area contributed by atoms with E-state index in [4.69, 9.17) is 0 Å². The number of benzene rings is 1. The van der Waals surface area contributed by atoms with Gasteiger partial charge in [-0.05, 0) is 31.4 Å².